The first-order chi connectivity index (χ1) is 7.26. The van der Waals surface area contributed by atoms with E-state index in [-0.39, 0.29) is 0 Å². The van der Waals surface area contributed by atoms with Crippen LogP contribution in [0.15, 0.2) is 12.1 Å². The zero-order valence-corrected chi connectivity index (χ0v) is 9.16. The largest absolute Gasteiger partial charge is 0.493 e. The lowest BCUT2D eigenvalue weighted by molar-refractivity contribution is 0.324. The second kappa shape index (κ2) is 5.16. The van der Waals surface area contributed by atoms with Gasteiger partial charge in [0, 0.05) is 6.42 Å². The van der Waals surface area contributed by atoms with Crippen LogP contribution in [0.2, 0.25) is 0 Å². The van der Waals surface area contributed by atoms with E-state index in [4.69, 9.17) is 20.6 Å². The minimum absolute atomic E-state index is 0.538. The van der Waals surface area contributed by atoms with Crippen molar-refractivity contribution in [2.45, 2.75) is 6.42 Å². The predicted octanol–water partition coefficient (Wildman–Crippen LogP) is 1.89. The molecule has 0 spiro atoms. The van der Waals surface area contributed by atoms with Crippen LogP contribution in [0.4, 0.5) is 0 Å². The summed E-state index contributed by atoms with van der Waals surface area (Å²) in [6.07, 6.45) is 5.79. The van der Waals surface area contributed by atoms with Crippen LogP contribution in [0.3, 0.4) is 0 Å². The fourth-order valence-corrected chi connectivity index (χ4v) is 1.36. The Labute approximate surface area is 90.0 Å². The highest BCUT2D eigenvalue weighted by Gasteiger charge is 2.12. The molecule has 0 aliphatic heterocycles. The van der Waals surface area contributed by atoms with Gasteiger partial charge in [-0.2, -0.15) is 0 Å². The Bertz CT molecular complexity index is 352. The highest BCUT2D eigenvalue weighted by molar-refractivity contribution is 5.54. The molecule has 0 atom stereocenters. The highest BCUT2D eigenvalue weighted by atomic mass is 16.5. The highest BCUT2D eigenvalue weighted by Crippen LogP contribution is 2.38. The van der Waals surface area contributed by atoms with Crippen molar-refractivity contribution in [3.8, 4) is 29.6 Å². The molecule has 0 aliphatic carbocycles. The molecular formula is C12H14O3. The molecule has 3 heteroatoms. The molecule has 0 aromatic heterocycles. The van der Waals surface area contributed by atoms with Gasteiger partial charge in [-0.15, -0.1) is 12.3 Å². The molecule has 0 aliphatic rings. The summed E-state index contributed by atoms with van der Waals surface area (Å²) in [4.78, 5) is 0. The molecule has 0 saturated heterocycles. The summed E-state index contributed by atoms with van der Waals surface area (Å²) in [6.45, 7) is 0. The van der Waals surface area contributed by atoms with Gasteiger partial charge in [-0.3, -0.25) is 0 Å². The van der Waals surface area contributed by atoms with Gasteiger partial charge >= 0.3 is 0 Å². The van der Waals surface area contributed by atoms with Crippen LogP contribution in [0, 0.1) is 12.3 Å². The molecule has 1 aromatic carbocycles. The third-order valence-corrected chi connectivity index (χ3v) is 2.03. The second-order valence-corrected chi connectivity index (χ2v) is 2.91. The van der Waals surface area contributed by atoms with Gasteiger partial charge in [0.15, 0.2) is 11.5 Å². The molecule has 0 unspecified atom stereocenters. The lowest BCUT2D eigenvalue weighted by Crippen LogP contribution is -1.96. The van der Waals surface area contributed by atoms with Crippen molar-refractivity contribution in [1.29, 1.82) is 0 Å². The van der Waals surface area contributed by atoms with E-state index in [1.54, 1.807) is 21.3 Å². The smallest absolute Gasteiger partial charge is 0.203 e. The van der Waals surface area contributed by atoms with Crippen LogP contribution < -0.4 is 14.2 Å². The Balaban J connectivity index is 3.24. The first kappa shape index (κ1) is 11.3. The van der Waals surface area contributed by atoms with E-state index in [0.717, 1.165) is 5.56 Å². The molecule has 0 amide bonds. The Morgan fingerprint density at radius 2 is 1.60 bits per heavy atom. The Morgan fingerprint density at radius 1 is 1.07 bits per heavy atom. The molecule has 15 heavy (non-hydrogen) atoms. The first-order valence-corrected chi connectivity index (χ1v) is 4.49. The SMILES string of the molecule is C#CCc1cc(OC)c(OC)c(OC)c1. The van der Waals surface area contributed by atoms with E-state index in [1.807, 2.05) is 12.1 Å². The van der Waals surface area contributed by atoms with E-state index < -0.39 is 0 Å². The summed E-state index contributed by atoms with van der Waals surface area (Å²) in [5, 5.41) is 0. The van der Waals surface area contributed by atoms with Crippen molar-refractivity contribution < 1.29 is 14.2 Å². The van der Waals surface area contributed by atoms with Gasteiger partial charge in [0.25, 0.3) is 0 Å². The van der Waals surface area contributed by atoms with E-state index in [2.05, 4.69) is 5.92 Å². The monoisotopic (exact) mass is 206 g/mol. The van der Waals surface area contributed by atoms with Crippen molar-refractivity contribution in [3.05, 3.63) is 17.7 Å². The molecule has 3 nitrogen and oxygen atoms in total. The van der Waals surface area contributed by atoms with Crippen LogP contribution in [0.5, 0.6) is 17.2 Å². The zero-order valence-electron chi connectivity index (χ0n) is 9.16. The maximum absolute atomic E-state index is 5.25. The topological polar surface area (TPSA) is 27.7 Å². The molecule has 0 saturated carbocycles. The van der Waals surface area contributed by atoms with Crippen LogP contribution in [0.1, 0.15) is 5.56 Å². The number of rotatable bonds is 4. The molecular weight excluding hydrogens is 192 g/mol. The van der Waals surface area contributed by atoms with Crippen LogP contribution in [-0.4, -0.2) is 21.3 Å². The normalized spacial score (nSPS) is 9.20. The summed E-state index contributed by atoms with van der Waals surface area (Å²) in [5.41, 5.74) is 0.965. The van der Waals surface area contributed by atoms with E-state index >= 15 is 0 Å². The van der Waals surface area contributed by atoms with Crippen LogP contribution in [-0.2, 0) is 6.42 Å². The number of ether oxygens (including phenoxy) is 3. The molecule has 0 bridgehead atoms. The Kier molecular flexibility index (Phi) is 3.87. The number of terminal acetylenes is 1. The van der Waals surface area contributed by atoms with Gasteiger partial charge in [-0.25, -0.2) is 0 Å². The fourth-order valence-electron chi connectivity index (χ4n) is 1.36. The number of hydrogen-bond acceptors (Lipinski definition) is 3. The van der Waals surface area contributed by atoms with Crippen molar-refractivity contribution in [3.63, 3.8) is 0 Å². The van der Waals surface area contributed by atoms with Crippen LogP contribution >= 0.6 is 0 Å². The summed E-state index contributed by atoms with van der Waals surface area (Å²) >= 11 is 0. The van der Waals surface area contributed by atoms with Gasteiger partial charge < -0.3 is 14.2 Å². The van der Waals surface area contributed by atoms with Crippen molar-refractivity contribution in [2.75, 3.05) is 21.3 Å². The maximum Gasteiger partial charge on any atom is 0.203 e. The molecule has 0 N–H and O–H groups in total. The van der Waals surface area contributed by atoms with Crippen LogP contribution in [0.25, 0.3) is 0 Å². The van der Waals surface area contributed by atoms with Gasteiger partial charge in [0.1, 0.15) is 0 Å². The summed E-state index contributed by atoms with van der Waals surface area (Å²) in [5.74, 6) is 4.41. The lowest BCUT2D eigenvalue weighted by atomic mass is 10.1. The minimum atomic E-state index is 0.538. The molecule has 0 radical (unpaired) electrons. The quantitative estimate of drug-likeness (QED) is 0.704. The van der Waals surface area contributed by atoms with Crippen molar-refractivity contribution in [2.24, 2.45) is 0 Å². The third-order valence-electron chi connectivity index (χ3n) is 2.03. The third kappa shape index (κ3) is 2.35. The molecule has 1 rings (SSSR count). The summed E-state index contributed by atoms with van der Waals surface area (Å²) in [7, 11) is 4.73. The summed E-state index contributed by atoms with van der Waals surface area (Å²) < 4.78 is 15.6. The number of methoxy groups -OCH3 is 3. The maximum atomic E-state index is 5.25. The first-order valence-electron chi connectivity index (χ1n) is 4.49. The second-order valence-electron chi connectivity index (χ2n) is 2.91. The standard InChI is InChI=1S/C12H14O3/c1-5-6-9-7-10(13-2)12(15-4)11(8-9)14-3/h1,7-8H,6H2,2-4H3. The van der Waals surface area contributed by atoms with Gasteiger partial charge in [0.2, 0.25) is 5.75 Å². The minimum Gasteiger partial charge on any atom is -0.493 e. The average molecular weight is 206 g/mol. The predicted molar refractivity (Wildman–Crippen MR) is 58.6 cm³/mol. The van der Waals surface area contributed by atoms with E-state index in [1.165, 1.54) is 0 Å². The van der Waals surface area contributed by atoms with Gasteiger partial charge in [-0.05, 0) is 17.7 Å². The molecule has 1 aromatic rings. The lowest BCUT2D eigenvalue weighted by Gasteiger charge is -2.13. The van der Waals surface area contributed by atoms with E-state index in [0.29, 0.717) is 23.7 Å². The van der Waals surface area contributed by atoms with Crippen molar-refractivity contribution in [1.82, 2.24) is 0 Å². The molecule has 0 fully saturated rings. The fraction of sp³-hybridized carbons (Fsp3) is 0.333. The molecule has 80 valence electrons. The van der Waals surface area contributed by atoms with E-state index in [9.17, 15) is 0 Å². The average Bonchev–Trinajstić information content (AvgIpc) is 2.28. The summed E-state index contributed by atoms with van der Waals surface area (Å²) in [6, 6.07) is 3.70. The Morgan fingerprint density at radius 3 is 1.93 bits per heavy atom. The number of hydrogen-bond donors (Lipinski definition) is 0. The Hall–Kier alpha value is -1.82. The van der Waals surface area contributed by atoms with Gasteiger partial charge in [0.05, 0.1) is 21.3 Å². The van der Waals surface area contributed by atoms with Crippen molar-refractivity contribution >= 4 is 0 Å². The number of benzene rings is 1. The van der Waals surface area contributed by atoms with Gasteiger partial charge in [-0.1, -0.05) is 0 Å². The zero-order chi connectivity index (χ0) is 11.3. The molecule has 0 heterocycles.